The quantitative estimate of drug-likeness (QED) is 0.655. The second-order valence-electron chi connectivity index (χ2n) is 5.11. The van der Waals surface area contributed by atoms with Crippen LogP contribution in [0, 0.1) is 0 Å². The largest absolute Gasteiger partial charge is 0.480 e. The zero-order valence-corrected chi connectivity index (χ0v) is 14.8. The average molecular weight is 354 g/mol. The summed E-state index contributed by atoms with van der Waals surface area (Å²) in [5, 5.41) is 11.2. The highest BCUT2D eigenvalue weighted by Crippen LogP contribution is 2.26. The van der Waals surface area contributed by atoms with E-state index in [0.717, 1.165) is 4.90 Å². The number of aliphatic carboxylic acids is 1. The minimum Gasteiger partial charge on any atom is -0.480 e. The fourth-order valence-electron chi connectivity index (χ4n) is 1.96. The normalized spacial score (nSPS) is 11.6. The molecule has 2 N–H and O–H groups in total. The van der Waals surface area contributed by atoms with Crippen LogP contribution in [0.4, 0.5) is 5.69 Å². The van der Waals surface area contributed by atoms with E-state index in [0.29, 0.717) is 5.69 Å². The van der Waals surface area contributed by atoms with Crippen LogP contribution in [-0.4, -0.2) is 59.8 Å². The van der Waals surface area contributed by atoms with Gasteiger partial charge in [0.25, 0.3) is 0 Å². The number of nitrogens with zero attached hydrogens (tertiary/aromatic N) is 1. The Hall–Kier alpha value is -2.06. The molecule has 0 aliphatic carbocycles. The molecule has 0 aliphatic rings. The van der Waals surface area contributed by atoms with E-state index in [1.807, 2.05) is 0 Å². The van der Waals surface area contributed by atoms with Gasteiger partial charge >= 0.3 is 5.97 Å². The molecule has 0 aliphatic heterocycles. The molecule has 1 aromatic rings. The van der Waals surface area contributed by atoms with Gasteiger partial charge in [-0.1, -0.05) is 0 Å². The lowest BCUT2D eigenvalue weighted by atomic mass is 10.3. The molecule has 0 bridgehead atoms. The number of carboxylic acid groups (broad SMARTS) is 1. The Morgan fingerprint density at radius 3 is 2.42 bits per heavy atom. The lowest BCUT2D eigenvalue weighted by Crippen LogP contribution is -2.41. The lowest BCUT2D eigenvalue weighted by Gasteiger charge is -2.23. The number of thioether (sulfide) groups is 1. The fraction of sp³-hybridized carbons (Fsp3) is 0.438. The van der Waals surface area contributed by atoms with Crippen molar-refractivity contribution < 1.29 is 24.2 Å². The van der Waals surface area contributed by atoms with Gasteiger partial charge in [0.15, 0.2) is 0 Å². The molecule has 2 amide bonds. The molecule has 0 saturated heterocycles. The van der Waals surface area contributed by atoms with Gasteiger partial charge in [-0.3, -0.25) is 14.4 Å². The van der Waals surface area contributed by atoms with Gasteiger partial charge in [-0.15, -0.1) is 11.8 Å². The Labute approximate surface area is 145 Å². The minimum atomic E-state index is -1.06. The van der Waals surface area contributed by atoms with Crippen LogP contribution in [0.15, 0.2) is 29.2 Å². The molecule has 0 fully saturated rings. The molecule has 1 unspecified atom stereocenters. The zero-order chi connectivity index (χ0) is 18.1. The van der Waals surface area contributed by atoms with Crippen molar-refractivity contribution in [3.05, 3.63) is 24.3 Å². The maximum Gasteiger partial charge on any atom is 0.323 e. The topological polar surface area (TPSA) is 95.9 Å². The third-order valence-corrected chi connectivity index (χ3v) is 4.14. The molecular weight excluding hydrogens is 332 g/mol. The number of benzene rings is 1. The van der Waals surface area contributed by atoms with Crippen LogP contribution >= 0.6 is 11.8 Å². The van der Waals surface area contributed by atoms with E-state index in [4.69, 9.17) is 9.84 Å². The van der Waals surface area contributed by atoms with E-state index in [1.54, 1.807) is 31.2 Å². The molecule has 0 heterocycles. The van der Waals surface area contributed by atoms with Crippen molar-refractivity contribution in [2.24, 2.45) is 0 Å². The Morgan fingerprint density at radius 1 is 1.29 bits per heavy atom. The first-order valence-electron chi connectivity index (χ1n) is 7.37. The maximum atomic E-state index is 12.4. The first-order valence-corrected chi connectivity index (χ1v) is 8.25. The second-order valence-corrected chi connectivity index (χ2v) is 6.53. The number of nitrogens with one attached hydrogen (secondary N) is 1. The maximum absolute atomic E-state index is 12.4. The van der Waals surface area contributed by atoms with Gasteiger partial charge in [0.2, 0.25) is 11.8 Å². The highest BCUT2D eigenvalue weighted by Gasteiger charge is 2.23. The van der Waals surface area contributed by atoms with Crippen molar-refractivity contribution in [3.8, 4) is 0 Å². The van der Waals surface area contributed by atoms with Gasteiger partial charge in [0.05, 0.1) is 11.9 Å². The predicted octanol–water partition coefficient (Wildman–Crippen LogP) is 1.69. The van der Waals surface area contributed by atoms with Crippen LogP contribution in [0.3, 0.4) is 0 Å². The molecule has 0 saturated carbocycles. The first-order chi connectivity index (χ1) is 11.3. The van der Waals surface area contributed by atoms with Crippen LogP contribution in [0.1, 0.15) is 13.8 Å². The second kappa shape index (κ2) is 9.94. The average Bonchev–Trinajstić information content (AvgIpc) is 2.51. The van der Waals surface area contributed by atoms with Crippen LogP contribution in [0.5, 0.6) is 0 Å². The fourth-order valence-corrected chi connectivity index (χ4v) is 2.92. The molecule has 1 atom stereocenters. The van der Waals surface area contributed by atoms with E-state index in [-0.39, 0.29) is 31.5 Å². The van der Waals surface area contributed by atoms with E-state index in [2.05, 4.69) is 5.32 Å². The van der Waals surface area contributed by atoms with Crippen molar-refractivity contribution in [1.82, 2.24) is 4.90 Å². The van der Waals surface area contributed by atoms with E-state index in [9.17, 15) is 14.4 Å². The predicted molar refractivity (Wildman–Crippen MR) is 92.2 cm³/mol. The molecule has 24 heavy (non-hydrogen) atoms. The SMILES string of the molecule is COCCN(CC(=O)O)C(=O)C(C)Sc1ccc(NC(C)=O)cc1. The number of anilines is 1. The summed E-state index contributed by atoms with van der Waals surface area (Å²) in [6.07, 6.45) is 0. The van der Waals surface area contributed by atoms with E-state index >= 15 is 0 Å². The molecular formula is C16H22N2O5S. The van der Waals surface area contributed by atoms with Crippen molar-refractivity contribution in [2.75, 3.05) is 32.1 Å². The highest BCUT2D eigenvalue weighted by molar-refractivity contribution is 8.00. The monoisotopic (exact) mass is 354 g/mol. The molecule has 7 nitrogen and oxygen atoms in total. The summed E-state index contributed by atoms with van der Waals surface area (Å²) in [6.45, 7) is 3.32. The number of rotatable bonds is 9. The molecule has 1 rings (SSSR count). The Balaban J connectivity index is 2.69. The number of amides is 2. The number of ether oxygens (including phenoxy) is 1. The standard InChI is InChI=1S/C16H22N2O5S/c1-11(16(22)18(8-9-23-3)10-15(20)21)24-14-6-4-13(5-7-14)17-12(2)19/h4-7,11H,8-10H2,1-3H3,(H,17,19)(H,20,21). The number of hydrogen-bond acceptors (Lipinski definition) is 5. The van der Waals surface area contributed by atoms with Gasteiger partial charge in [-0.2, -0.15) is 0 Å². The Morgan fingerprint density at radius 2 is 1.92 bits per heavy atom. The van der Waals surface area contributed by atoms with Crippen molar-refractivity contribution in [1.29, 1.82) is 0 Å². The molecule has 8 heteroatoms. The number of carbonyl (C=O) groups is 3. The van der Waals surface area contributed by atoms with Gasteiger partial charge in [-0.05, 0) is 31.2 Å². The molecule has 0 spiro atoms. The molecule has 1 aromatic carbocycles. The third kappa shape index (κ3) is 7.01. The number of hydrogen-bond donors (Lipinski definition) is 2. The van der Waals surface area contributed by atoms with Crippen molar-refractivity contribution in [3.63, 3.8) is 0 Å². The number of carbonyl (C=O) groups excluding carboxylic acids is 2. The van der Waals surface area contributed by atoms with E-state index in [1.165, 1.54) is 30.7 Å². The molecule has 132 valence electrons. The van der Waals surface area contributed by atoms with Crippen LogP contribution in [0.2, 0.25) is 0 Å². The summed E-state index contributed by atoms with van der Waals surface area (Å²) in [6, 6.07) is 7.11. The van der Waals surface area contributed by atoms with Crippen LogP contribution in [-0.2, 0) is 19.1 Å². The van der Waals surface area contributed by atoms with E-state index < -0.39 is 11.2 Å². The molecule has 0 radical (unpaired) electrons. The summed E-state index contributed by atoms with van der Waals surface area (Å²) in [4.78, 5) is 36.5. The highest BCUT2D eigenvalue weighted by atomic mass is 32.2. The summed E-state index contributed by atoms with van der Waals surface area (Å²) in [7, 11) is 1.50. The third-order valence-electron chi connectivity index (χ3n) is 3.04. The number of carboxylic acids is 1. The zero-order valence-electron chi connectivity index (χ0n) is 13.9. The van der Waals surface area contributed by atoms with Crippen molar-refractivity contribution >= 4 is 35.2 Å². The summed E-state index contributed by atoms with van der Waals surface area (Å²) in [5.41, 5.74) is 0.679. The Bertz CT molecular complexity index is 576. The van der Waals surface area contributed by atoms with Crippen LogP contribution in [0.25, 0.3) is 0 Å². The Kier molecular flexibility index (Phi) is 8.28. The van der Waals surface area contributed by atoms with Gasteiger partial charge in [0.1, 0.15) is 6.54 Å². The summed E-state index contributed by atoms with van der Waals surface area (Å²) >= 11 is 1.33. The van der Waals surface area contributed by atoms with Gasteiger partial charge in [0, 0.05) is 31.2 Å². The summed E-state index contributed by atoms with van der Waals surface area (Å²) < 4.78 is 4.92. The first kappa shape index (κ1) is 20.0. The number of methoxy groups -OCH3 is 1. The summed E-state index contributed by atoms with van der Waals surface area (Å²) in [5.74, 6) is -1.47. The van der Waals surface area contributed by atoms with Gasteiger partial charge in [-0.25, -0.2) is 0 Å². The van der Waals surface area contributed by atoms with Crippen molar-refractivity contribution in [2.45, 2.75) is 24.0 Å². The van der Waals surface area contributed by atoms with Gasteiger partial charge < -0.3 is 20.1 Å². The smallest absolute Gasteiger partial charge is 0.323 e. The lowest BCUT2D eigenvalue weighted by molar-refractivity contribution is -0.144. The minimum absolute atomic E-state index is 0.151. The van der Waals surface area contributed by atoms with Crippen LogP contribution < -0.4 is 5.32 Å². The molecule has 0 aromatic heterocycles.